The number of carbonyl (C=O) groups is 2. The fraction of sp³-hybridized carbons (Fsp3) is 0.833. The average molecular weight is 258 g/mol. The van der Waals surface area contributed by atoms with Crippen LogP contribution in [0.5, 0.6) is 0 Å². The Morgan fingerprint density at radius 1 is 1.33 bits per heavy atom. The fourth-order valence-electron chi connectivity index (χ4n) is 2.06. The summed E-state index contributed by atoms with van der Waals surface area (Å²) in [5.41, 5.74) is 0. The smallest absolute Gasteiger partial charge is 0.326 e. The summed E-state index contributed by atoms with van der Waals surface area (Å²) in [7, 11) is 0. The van der Waals surface area contributed by atoms with Gasteiger partial charge in [-0.15, -0.1) is 0 Å². The van der Waals surface area contributed by atoms with Crippen molar-refractivity contribution >= 4 is 12.0 Å². The van der Waals surface area contributed by atoms with Gasteiger partial charge in [0.2, 0.25) is 0 Å². The largest absolute Gasteiger partial charge is 0.480 e. The number of piperidine rings is 1. The van der Waals surface area contributed by atoms with E-state index in [0.717, 1.165) is 12.8 Å². The number of aliphatic hydroxyl groups is 1. The van der Waals surface area contributed by atoms with E-state index in [-0.39, 0.29) is 24.5 Å². The van der Waals surface area contributed by atoms with Gasteiger partial charge in [0.15, 0.2) is 0 Å². The minimum atomic E-state index is -1.01. The molecule has 2 amide bonds. The Bertz CT molecular complexity index is 298. The van der Waals surface area contributed by atoms with Gasteiger partial charge in [-0.25, -0.2) is 9.59 Å². The van der Waals surface area contributed by atoms with Crippen molar-refractivity contribution in [1.29, 1.82) is 0 Å². The number of likely N-dealkylation sites (tertiary alicyclic amines) is 1. The second-order valence-electron chi connectivity index (χ2n) is 5.12. The van der Waals surface area contributed by atoms with Gasteiger partial charge in [0.1, 0.15) is 6.04 Å². The molecule has 104 valence electrons. The normalized spacial score (nSPS) is 18.8. The van der Waals surface area contributed by atoms with E-state index in [0.29, 0.717) is 13.1 Å². The number of hydrogen-bond acceptors (Lipinski definition) is 3. The van der Waals surface area contributed by atoms with Crippen molar-refractivity contribution < 1.29 is 19.8 Å². The summed E-state index contributed by atoms with van der Waals surface area (Å²) in [6.45, 7) is 4.82. The van der Waals surface area contributed by atoms with E-state index in [4.69, 9.17) is 10.2 Å². The quantitative estimate of drug-likeness (QED) is 0.685. The van der Waals surface area contributed by atoms with Gasteiger partial charge in [-0.3, -0.25) is 0 Å². The summed E-state index contributed by atoms with van der Waals surface area (Å²) in [5, 5.41) is 20.6. The van der Waals surface area contributed by atoms with Crippen molar-refractivity contribution in [1.82, 2.24) is 10.2 Å². The molecule has 0 saturated carbocycles. The maximum absolute atomic E-state index is 11.9. The van der Waals surface area contributed by atoms with Crippen LogP contribution in [-0.2, 0) is 4.79 Å². The highest BCUT2D eigenvalue weighted by Crippen LogP contribution is 2.16. The van der Waals surface area contributed by atoms with Gasteiger partial charge in [0, 0.05) is 19.7 Å². The molecule has 1 aliphatic heterocycles. The number of amides is 2. The van der Waals surface area contributed by atoms with Gasteiger partial charge < -0.3 is 20.4 Å². The van der Waals surface area contributed by atoms with Gasteiger partial charge in [-0.1, -0.05) is 13.8 Å². The van der Waals surface area contributed by atoms with Crippen LogP contribution in [0.1, 0.15) is 26.7 Å². The molecule has 0 spiro atoms. The van der Waals surface area contributed by atoms with Gasteiger partial charge in [0.05, 0.1) is 0 Å². The van der Waals surface area contributed by atoms with E-state index in [9.17, 15) is 9.59 Å². The molecular formula is C12H22N2O4. The monoisotopic (exact) mass is 258 g/mol. The number of aliphatic carboxylic acids is 1. The summed E-state index contributed by atoms with van der Waals surface area (Å²) in [4.78, 5) is 24.5. The highest BCUT2D eigenvalue weighted by molar-refractivity contribution is 5.82. The van der Waals surface area contributed by atoms with Crippen LogP contribution in [-0.4, -0.2) is 52.9 Å². The molecule has 1 aliphatic rings. The molecule has 0 aromatic carbocycles. The maximum atomic E-state index is 11.9. The van der Waals surface area contributed by atoms with Gasteiger partial charge >= 0.3 is 12.0 Å². The maximum Gasteiger partial charge on any atom is 0.326 e. The van der Waals surface area contributed by atoms with Crippen LogP contribution in [0.3, 0.4) is 0 Å². The zero-order valence-electron chi connectivity index (χ0n) is 10.9. The second kappa shape index (κ2) is 6.58. The molecule has 6 heteroatoms. The number of hydrogen-bond donors (Lipinski definition) is 3. The average Bonchev–Trinajstić information content (AvgIpc) is 2.35. The molecule has 1 rings (SSSR count). The van der Waals surface area contributed by atoms with E-state index in [2.05, 4.69) is 5.32 Å². The first-order chi connectivity index (χ1) is 8.45. The third-order valence-corrected chi connectivity index (χ3v) is 3.37. The molecule has 0 unspecified atom stereocenters. The van der Waals surface area contributed by atoms with Gasteiger partial charge in [-0.05, 0) is 24.7 Å². The number of nitrogens with zero attached hydrogens (tertiary/aromatic N) is 1. The summed E-state index contributed by atoms with van der Waals surface area (Å²) in [6.07, 6.45) is 1.53. The second-order valence-corrected chi connectivity index (χ2v) is 5.12. The summed E-state index contributed by atoms with van der Waals surface area (Å²) >= 11 is 0. The number of aliphatic hydroxyl groups excluding tert-OH is 1. The van der Waals surface area contributed by atoms with Crippen molar-refractivity contribution in [3.8, 4) is 0 Å². The molecule has 0 aliphatic carbocycles. The minimum absolute atomic E-state index is 0.151. The number of carboxylic acid groups (broad SMARTS) is 1. The Morgan fingerprint density at radius 2 is 1.89 bits per heavy atom. The molecule has 1 heterocycles. The number of nitrogens with one attached hydrogen (secondary N) is 1. The lowest BCUT2D eigenvalue weighted by Gasteiger charge is -2.32. The van der Waals surface area contributed by atoms with Crippen LogP contribution in [0.4, 0.5) is 4.79 Å². The predicted molar refractivity (Wildman–Crippen MR) is 66.2 cm³/mol. The van der Waals surface area contributed by atoms with Crippen LogP contribution in [0.15, 0.2) is 0 Å². The number of carbonyl (C=O) groups excluding carboxylic acids is 1. The van der Waals surface area contributed by atoms with Crippen molar-refractivity contribution in [2.75, 3.05) is 19.7 Å². The van der Waals surface area contributed by atoms with Crippen molar-refractivity contribution in [3.05, 3.63) is 0 Å². The van der Waals surface area contributed by atoms with E-state index in [1.807, 2.05) is 0 Å². The molecular weight excluding hydrogens is 236 g/mol. The van der Waals surface area contributed by atoms with E-state index in [1.165, 1.54) is 0 Å². The zero-order valence-corrected chi connectivity index (χ0v) is 10.9. The first-order valence-electron chi connectivity index (χ1n) is 6.34. The highest BCUT2D eigenvalue weighted by Gasteiger charge is 2.28. The van der Waals surface area contributed by atoms with E-state index >= 15 is 0 Å². The zero-order chi connectivity index (χ0) is 13.7. The Labute approximate surface area is 107 Å². The number of rotatable bonds is 4. The lowest BCUT2D eigenvalue weighted by molar-refractivity contribution is -0.140. The van der Waals surface area contributed by atoms with E-state index < -0.39 is 12.0 Å². The highest BCUT2D eigenvalue weighted by atomic mass is 16.4. The summed E-state index contributed by atoms with van der Waals surface area (Å²) in [5.74, 6) is -0.903. The SMILES string of the molecule is CC(C)[C@H](NC(=O)N1CCC(CO)CC1)C(=O)O. The molecule has 0 aromatic rings. The lowest BCUT2D eigenvalue weighted by atomic mass is 9.98. The Kier molecular flexibility index (Phi) is 5.40. The number of urea groups is 1. The molecule has 1 fully saturated rings. The molecule has 1 saturated heterocycles. The van der Waals surface area contributed by atoms with Crippen LogP contribution in [0.25, 0.3) is 0 Å². The van der Waals surface area contributed by atoms with Crippen LogP contribution < -0.4 is 5.32 Å². The molecule has 0 radical (unpaired) electrons. The molecule has 3 N–H and O–H groups in total. The Morgan fingerprint density at radius 3 is 2.28 bits per heavy atom. The van der Waals surface area contributed by atoms with Gasteiger partial charge in [0.25, 0.3) is 0 Å². The fourth-order valence-corrected chi connectivity index (χ4v) is 2.06. The summed E-state index contributed by atoms with van der Waals surface area (Å²) in [6, 6.07) is -1.18. The third-order valence-electron chi connectivity index (χ3n) is 3.37. The van der Waals surface area contributed by atoms with Crippen molar-refractivity contribution in [2.45, 2.75) is 32.7 Å². The molecule has 1 atom stereocenters. The van der Waals surface area contributed by atoms with Crippen molar-refractivity contribution in [2.24, 2.45) is 11.8 Å². The third kappa shape index (κ3) is 3.87. The van der Waals surface area contributed by atoms with Gasteiger partial charge in [-0.2, -0.15) is 0 Å². The van der Waals surface area contributed by atoms with E-state index in [1.54, 1.807) is 18.7 Å². The van der Waals surface area contributed by atoms with Crippen LogP contribution in [0, 0.1) is 11.8 Å². The first-order valence-corrected chi connectivity index (χ1v) is 6.34. The first kappa shape index (κ1) is 14.8. The van der Waals surface area contributed by atoms with Crippen molar-refractivity contribution in [3.63, 3.8) is 0 Å². The lowest BCUT2D eigenvalue weighted by Crippen LogP contribution is -2.52. The van der Waals surface area contributed by atoms with Crippen LogP contribution in [0.2, 0.25) is 0 Å². The molecule has 18 heavy (non-hydrogen) atoms. The predicted octanol–water partition coefficient (Wildman–Crippen LogP) is 0.509. The molecule has 6 nitrogen and oxygen atoms in total. The Balaban J connectivity index is 2.48. The molecule has 0 aromatic heterocycles. The summed E-state index contributed by atoms with van der Waals surface area (Å²) < 4.78 is 0. The minimum Gasteiger partial charge on any atom is -0.480 e. The molecule has 0 bridgehead atoms. The van der Waals surface area contributed by atoms with Crippen LogP contribution >= 0.6 is 0 Å². The standard InChI is InChI=1S/C12H22N2O4/c1-8(2)10(11(16)17)13-12(18)14-5-3-9(7-15)4-6-14/h8-10,15H,3-7H2,1-2H3,(H,13,18)(H,16,17)/t10-/m0/s1. The number of carboxylic acids is 1. The Hall–Kier alpha value is -1.30. The topological polar surface area (TPSA) is 89.9 Å².